The molecule has 0 spiro atoms. The second-order valence-electron chi connectivity index (χ2n) is 7.74. The third kappa shape index (κ3) is 2.43. The van der Waals surface area contributed by atoms with Crippen LogP contribution in [0.4, 0.5) is 0 Å². The molecule has 1 heterocycles. The Hall–Kier alpha value is -2.48. The Labute approximate surface area is 182 Å². The van der Waals surface area contributed by atoms with Gasteiger partial charge in [0.25, 0.3) is 5.79 Å². The molecule has 5 nitrogen and oxygen atoms in total. The molecule has 1 aliphatic carbocycles. The lowest BCUT2D eigenvalue weighted by molar-refractivity contribution is -0.158. The summed E-state index contributed by atoms with van der Waals surface area (Å²) in [6.45, 7) is 1.85. The van der Waals surface area contributed by atoms with E-state index in [1.807, 2.05) is 6.92 Å². The van der Waals surface area contributed by atoms with Crippen LogP contribution in [0.15, 0.2) is 76.1 Å². The number of rotatable bonds is 3. The standard InChI is InChI=1S/C23H17BrO5S/c1-14-6-11-20-19(12-14)22(13-30(27,28)16-9-7-15(24)8-10-16)21(25)17-4-2-3-5-18(17)23(22,26)29-20/h2-12,26H,13H2,1H3. The zero-order valence-corrected chi connectivity index (χ0v) is 18.3. The molecule has 5 rings (SSSR count). The van der Waals surface area contributed by atoms with Gasteiger partial charge in [-0.2, -0.15) is 0 Å². The molecule has 1 N–H and O–H groups in total. The van der Waals surface area contributed by atoms with Gasteiger partial charge in [-0.05, 0) is 37.3 Å². The predicted molar refractivity (Wildman–Crippen MR) is 114 cm³/mol. The van der Waals surface area contributed by atoms with Crippen molar-refractivity contribution in [3.63, 3.8) is 0 Å². The maximum atomic E-state index is 13.7. The van der Waals surface area contributed by atoms with Gasteiger partial charge in [0, 0.05) is 21.2 Å². The number of carbonyl (C=O) groups is 1. The molecule has 2 aliphatic rings. The fourth-order valence-corrected chi connectivity index (χ4v) is 6.55. The number of carbonyl (C=O) groups excluding carboxylic acids is 1. The van der Waals surface area contributed by atoms with Crippen molar-refractivity contribution in [2.24, 2.45) is 0 Å². The van der Waals surface area contributed by atoms with Crippen molar-refractivity contribution in [2.75, 3.05) is 5.75 Å². The molecule has 0 radical (unpaired) electrons. The molecule has 0 fully saturated rings. The largest absolute Gasteiger partial charge is 0.456 e. The van der Waals surface area contributed by atoms with Gasteiger partial charge in [0.15, 0.2) is 15.6 Å². The van der Waals surface area contributed by atoms with Crippen LogP contribution in [0.3, 0.4) is 0 Å². The third-order valence-corrected chi connectivity index (χ3v) is 8.27. The number of benzene rings is 3. The Morgan fingerprint density at radius 1 is 1.00 bits per heavy atom. The molecule has 0 amide bonds. The summed E-state index contributed by atoms with van der Waals surface area (Å²) >= 11 is 3.30. The van der Waals surface area contributed by atoms with Crippen LogP contribution in [0.5, 0.6) is 5.75 Å². The van der Waals surface area contributed by atoms with Crippen LogP contribution < -0.4 is 4.74 Å². The highest BCUT2D eigenvalue weighted by molar-refractivity contribution is 9.10. The number of Topliss-reactive ketones (excluding diaryl/α,β-unsaturated/α-hetero) is 1. The minimum absolute atomic E-state index is 0.0762. The van der Waals surface area contributed by atoms with Crippen LogP contribution in [0.25, 0.3) is 0 Å². The molecule has 2 unspecified atom stereocenters. The van der Waals surface area contributed by atoms with Gasteiger partial charge in [-0.15, -0.1) is 0 Å². The van der Waals surface area contributed by atoms with E-state index in [1.165, 1.54) is 12.1 Å². The molecule has 3 aromatic carbocycles. The van der Waals surface area contributed by atoms with E-state index < -0.39 is 32.6 Å². The molecule has 7 heteroatoms. The van der Waals surface area contributed by atoms with E-state index in [2.05, 4.69) is 15.9 Å². The molecule has 3 aromatic rings. The van der Waals surface area contributed by atoms with Gasteiger partial charge in [0.2, 0.25) is 0 Å². The van der Waals surface area contributed by atoms with Crippen molar-refractivity contribution in [3.05, 3.63) is 93.5 Å². The van der Waals surface area contributed by atoms with Crippen molar-refractivity contribution in [1.82, 2.24) is 0 Å². The molecular formula is C23H17BrO5S. The topological polar surface area (TPSA) is 80.7 Å². The number of sulfone groups is 1. The van der Waals surface area contributed by atoms with Crippen LogP contribution in [0.1, 0.15) is 27.0 Å². The average molecular weight is 485 g/mol. The SMILES string of the molecule is Cc1ccc2c(c1)C1(CS(=O)(=O)c3ccc(Br)cc3)C(=O)c3ccccc3C1(O)O2. The zero-order valence-electron chi connectivity index (χ0n) is 15.9. The van der Waals surface area contributed by atoms with Gasteiger partial charge in [-0.1, -0.05) is 57.9 Å². The van der Waals surface area contributed by atoms with Crippen LogP contribution in [0, 0.1) is 6.92 Å². The lowest BCUT2D eigenvalue weighted by Gasteiger charge is -2.33. The monoisotopic (exact) mass is 484 g/mol. The van der Waals surface area contributed by atoms with Gasteiger partial charge in [-0.25, -0.2) is 8.42 Å². The smallest absolute Gasteiger partial charge is 0.254 e. The highest BCUT2D eigenvalue weighted by Gasteiger charge is 2.71. The number of fused-ring (bicyclic) bond motifs is 5. The first kappa shape index (κ1) is 19.5. The molecular weight excluding hydrogens is 468 g/mol. The molecule has 0 saturated heterocycles. The Bertz CT molecular complexity index is 1320. The first-order chi connectivity index (χ1) is 14.2. The Morgan fingerprint density at radius 3 is 2.43 bits per heavy atom. The molecule has 0 bridgehead atoms. The van der Waals surface area contributed by atoms with E-state index in [9.17, 15) is 18.3 Å². The first-order valence-corrected chi connectivity index (χ1v) is 11.8. The summed E-state index contributed by atoms with van der Waals surface area (Å²) in [6, 6.07) is 18.0. The highest BCUT2D eigenvalue weighted by Crippen LogP contribution is 2.60. The number of halogens is 1. The molecule has 30 heavy (non-hydrogen) atoms. The lowest BCUT2D eigenvalue weighted by atomic mass is 9.75. The number of ketones is 1. The van der Waals surface area contributed by atoms with Gasteiger partial charge < -0.3 is 9.84 Å². The minimum Gasteiger partial charge on any atom is -0.456 e. The number of hydrogen-bond acceptors (Lipinski definition) is 5. The summed E-state index contributed by atoms with van der Waals surface area (Å²) in [5.41, 5.74) is 0.00917. The lowest BCUT2D eigenvalue weighted by Crippen LogP contribution is -2.53. The van der Waals surface area contributed by atoms with Gasteiger partial charge in [0.1, 0.15) is 11.2 Å². The summed E-state index contributed by atoms with van der Waals surface area (Å²) in [5.74, 6) is -2.84. The van der Waals surface area contributed by atoms with Crippen LogP contribution in [0.2, 0.25) is 0 Å². The van der Waals surface area contributed by atoms with Crippen LogP contribution in [-0.4, -0.2) is 25.1 Å². The second kappa shape index (κ2) is 6.26. The number of hydrogen-bond donors (Lipinski definition) is 1. The number of aryl methyl sites for hydroxylation is 1. The fraction of sp³-hybridized carbons (Fsp3) is 0.174. The Balaban J connectivity index is 1.77. The maximum absolute atomic E-state index is 13.7. The minimum atomic E-state index is -3.95. The van der Waals surface area contributed by atoms with Crippen molar-refractivity contribution >= 4 is 31.6 Å². The summed E-state index contributed by atoms with van der Waals surface area (Å²) in [5, 5.41) is 11.8. The van der Waals surface area contributed by atoms with E-state index in [4.69, 9.17) is 4.74 Å². The van der Waals surface area contributed by atoms with E-state index in [0.717, 1.165) is 10.0 Å². The van der Waals surface area contributed by atoms with E-state index in [-0.39, 0.29) is 16.0 Å². The molecule has 1 aliphatic heterocycles. The normalized spacial score (nSPS) is 24.2. The van der Waals surface area contributed by atoms with Crippen molar-refractivity contribution in [1.29, 1.82) is 0 Å². The average Bonchev–Trinajstić information content (AvgIpc) is 3.06. The molecule has 0 aromatic heterocycles. The third-order valence-electron chi connectivity index (χ3n) is 5.93. The van der Waals surface area contributed by atoms with Crippen LogP contribution >= 0.6 is 15.9 Å². The maximum Gasteiger partial charge on any atom is 0.254 e. The van der Waals surface area contributed by atoms with Gasteiger partial charge >= 0.3 is 0 Å². The Kier molecular flexibility index (Phi) is 4.07. The summed E-state index contributed by atoms with van der Waals surface area (Å²) in [4.78, 5) is 13.8. The Morgan fingerprint density at radius 2 is 1.70 bits per heavy atom. The van der Waals surface area contributed by atoms with Crippen molar-refractivity contribution in [3.8, 4) is 5.75 Å². The van der Waals surface area contributed by atoms with E-state index >= 15 is 0 Å². The predicted octanol–water partition coefficient (Wildman–Crippen LogP) is 3.90. The zero-order chi connectivity index (χ0) is 21.3. The van der Waals surface area contributed by atoms with Crippen molar-refractivity contribution < 1.29 is 23.1 Å². The quantitative estimate of drug-likeness (QED) is 0.609. The highest BCUT2D eigenvalue weighted by atomic mass is 79.9. The number of aliphatic hydroxyl groups is 1. The van der Waals surface area contributed by atoms with Gasteiger partial charge in [0.05, 0.1) is 10.6 Å². The van der Waals surface area contributed by atoms with E-state index in [0.29, 0.717) is 11.3 Å². The fourth-order valence-electron chi connectivity index (χ4n) is 4.51. The first-order valence-electron chi connectivity index (χ1n) is 9.34. The summed E-state index contributed by atoms with van der Waals surface area (Å²) in [7, 11) is -3.95. The molecule has 152 valence electrons. The van der Waals surface area contributed by atoms with Crippen LogP contribution in [-0.2, 0) is 21.0 Å². The van der Waals surface area contributed by atoms with Crippen molar-refractivity contribution in [2.45, 2.75) is 23.0 Å². The molecule has 2 atom stereocenters. The summed E-state index contributed by atoms with van der Waals surface area (Å²) in [6.07, 6.45) is 0. The number of ether oxygens (including phenoxy) is 1. The van der Waals surface area contributed by atoms with E-state index in [1.54, 1.807) is 54.6 Å². The van der Waals surface area contributed by atoms with Gasteiger partial charge in [-0.3, -0.25) is 4.79 Å². The second-order valence-corrected chi connectivity index (χ2v) is 10.6. The summed E-state index contributed by atoms with van der Waals surface area (Å²) < 4.78 is 33.6. The molecule has 0 saturated carbocycles.